The van der Waals surface area contributed by atoms with Crippen LogP contribution in [0.4, 0.5) is 0 Å². The molecule has 0 radical (unpaired) electrons. The molecular weight excluding hydrogens is 202 g/mol. The van der Waals surface area contributed by atoms with Crippen LogP contribution in [0.2, 0.25) is 0 Å². The molecule has 1 aliphatic carbocycles. The molecule has 92 valence electrons. The van der Waals surface area contributed by atoms with Crippen LogP contribution in [0.1, 0.15) is 39.0 Å². The quantitative estimate of drug-likeness (QED) is 0.731. The van der Waals surface area contributed by atoms with Crippen molar-refractivity contribution in [2.75, 3.05) is 19.6 Å². The van der Waals surface area contributed by atoms with Gasteiger partial charge in [0.15, 0.2) is 0 Å². The van der Waals surface area contributed by atoms with Crippen molar-refractivity contribution in [3.63, 3.8) is 0 Å². The van der Waals surface area contributed by atoms with E-state index in [9.17, 15) is 4.79 Å². The second kappa shape index (κ2) is 4.72. The first-order chi connectivity index (χ1) is 7.65. The number of nitrogens with one attached hydrogen (secondary N) is 1. The smallest absolute Gasteiger partial charge is 0.240 e. The molecule has 1 saturated heterocycles. The Labute approximate surface area is 97.6 Å². The Morgan fingerprint density at radius 2 is 2.25 bits per heavy atom. The summed E-state index contributed by atoms with van der Waals surface area (Å²) in [6.07, 6.45) is 5.24. The minimum Gasteiger partial charge on any atom is -0.353 e. The van der Waals surface area contributed by atoms with Gasteiger partial charge in [-0.2, -0.15) is 0 Å². The fourth-order valence-electron chi connectivity index (χ4n) is 2.71. The third-order valence-electron chi connectivity index (χ3n) is 4.10. The molecule has 16 heavy (non-hydrogen) atoms. The van der Waals surface area contributed by atoms with Crippen molar-refractivity contribution < 1.29 is 4.79 Å². The fourth-order valence-corrected chi connectivity index (χ4v) is 2.71. The van der Waals surface area contributed by atoms with E-state index in [1.807, 2.05) is 0 Å². The highest BCUT2D eigenvalue weighted by atomic mass is 16.2. The number of hydrogen-bond donors (Lipinski definition) is 2. The third-order valence-corrected chi connectivity index (χ3v) is 4.10. The normalized spacial score (nSPS) is 28.8. The highest BCUT2D eigenvalue weighted by Crippen LogP contribution is 2.29. The Balaban J connectivity index is 1.76. The summed E-state index contributed by atoms with van der Waals surface area (Å²) in [7, 11) is 0. The summed E-state index contributed by atoms with van der Waals surface area (Å²) in [5.74, 6) is 0.0571. The van der Waals surface area contributed by atoms with Crippen LogP contribution >= 0.6 is 0 Å². The van der Waals surface area contributed by atoms with Gasteiger partial charge in [0.1, 0.15) is 0 Å². The largest absolute Gasteiger partial charge is 0.353 e. The van der Waals surface area contributed by atoms with Gasteiger partial charge in [0.05, 0.1) is 5.54 Å². The maximum atomic E-state index is 11.8. The number of rotatable bonds is 4. The molecule has 1 unspecified atom stereocenters. The Hall–Kier alpha value is -0.610. The summed E-state index contributed by atoms with van der Waals surface area (Å²) < 4.78 is 0. The van der Waals surface area contributed by atoms with Gasteiger partial charge < -0.3 is 11.1 Å². The molecular formula is C12H23N3O. The zero-order chi connectivity index (χ0) is 11.6. The zero-order valence-electron chi connectivity index (χ0n) is 10.2. The molecule has 1 aliphatic heterocycles. The number of carbonyl (C=O) groups is 1. The average Bonchev–Trinajstić information content (AvgIpc) is 2.69. The molecule has 4 heteroatoms. The number of likely N-dealkylation sites (N-methyl/N-ethyl adjacent to an activating group) is 1. The molecule has 0 aromatic carbocycles. The van der Waals surface area contributed by atoms with Gasteiger partial charge in [-0.25, -0.2) is 0 Å². The van der Waals surface area contributed by atoms with Crippen LogP contribution < -0.4 is 11.1 Å². The third kappa shape index (κ3) is 2.23. The highest BCUT2D eigenvalue weighted by molar-refractivity contribution is 5.87. The molecule has 1 heterocycles. The predicted octanol–water partition coefficient (Wildman–Crippen LogP) is 0.468. The van der Waals surface area contributed by atoms with E-state index in [-0.39, 0.29) is 5.91 Å². The van der Waals surface area contributed by atoms with Gasteiger partial charge in [-0.15, -0.1) is 0 Å². The standard InChI is InChI=1S/C12H23N3O/c1-2-15-8-3-5-10(15)9-14-11(16)12(13)6-4-7-12/h10H,2-9,13H2,1H3,(H,14,16). The summed E-state index contributed by atoms with van der Waals surface area (Å²) in [6, 6.07) is 0.526. The van der Waals surface area contributed by atoms with Gasteiger partial charge in [-0.1, -0.05) is 6.92 Å². The molecule has 1 saturated carbocycles. The lowest BCUT2D eigenvalue weighted by molar-refractivity contribution is -0.129. The SMILES string of the molecule is CCN1CCCC1CNC(=O)C1(N)CCC1. The Bertz CT molecular complexity index is 263. The topological polar surface area (TPSA) is 58.4 Å². The number of nitrogens with two attached hydrogens (primary N) is 1. The molecule has 1 atom stereocenters. The molecule has 2 aliphatic rings. The first kappa shape index (κ1) is 11.9. The molecule has 0 aromatic heterocycles. The minimum atomic E-state index is -0.546. The van der Waals surface area contributed by atoms with E-state index in [0.717, 1.165) is 32.4 Å². The first-order valence-corrected chi connectivity index (χ1v) is 6.47. The Kier molecular flexibility index (Phi) is 3.50. The second-order valence-corrected chi connectivity index (χ2v) is 5.14. The van der Waals surface area contributed by atoms with Crippen molar-refractivity contribution >= 4 is 5.91 Å². The van der Waals surface area contributed by atoms with Crippen molar-refractivity contribution in [1.29, 1.82) is 0 Å². The van der Waals surface area contributed by atoms with Gasteiger partial charge >= 0.3 is 0 Å². The maximum Gasteiger partial charge on any atom is 0.240 e. The van der Waals surface area contributed by atoms with Crippen molar-refractivity contribution in [3.8, 4) is 0 Å². The molecule has 0 bridgehead atoms. The van der Waals surface area contributed by atoms with Gasteiger partial charge in [0, 0.05) is 12.6 Å². The number of hydrogen-bond acceptors (Lipinski definition) is 3. The van der Waals surface area contributed by atoms with Gasteiger partial charge in [0.2, 0.25) is 5.91 Å². The van der Waals surface area contributed by atoms with Crippen LogP contribution in [0.25, 0.3) is 0 Å². The van der Waals surface area contributed by atoms with Crippen LogP contribution in [0.15, 0.2) is 0 Å². The maximum absolute atomic E-state index is 11.8. The van der Waals surface area contributed by atoms with Crippen LogP contribution in [0.5, 0.6) is 0 Å². The summed E-state index contributed by atoms with van der Waals surface area (Å²) in [6.45, 7) is 5.20. The molecule has 2 rings (SSSR count). The Morgan fingerprint density at radius 3 is 2.81 bits per heavy atom. The highest BCUT2D eigenvalue weighted by Gasteiger charge is 2.40. The van der Waals surface area contributed by atoms with Crippen molar-refractivity contribution in [3.05, 3.63) is 0 Å². The predicted molar refractivity (Wildman–Crippen MR) is 64.0 cm³/mol. The molecule has 0 aromatic rings. The lowest BCUT2D eigenvalue weighted by atomic mass is 9.77. The monoisotopic (exact) mass is 225 g/mol. The zero-order valence-corrected chi connectivity index (χ0v) is 10.2. The van der Waals surface area contributed by atoms with Crippen molar-refractivity contribution in [2.45, 2.75) is 50.6 Å². The Morgan fingerprint density at radius 1 is 1.50 bits per heavy atom. The van der Waals surface area contributed by atoms with Gasteiger partial charge in [-0.05, 0) is 45.2 Å². The molecule has 1 amide bonds. The summed E-state index contributed by atoms with van der Waals surface area (Å²) in [4.78, 5) is 14.3. The summed E-state index contributed by atoms with van der Waals surface area (Å²) >= 11 is 0. The van der Waals surface area contributed by atoms with E-state index < -0.39 is 5.54 Å². The lowest BCUT2D eigenvalue weighted by Gasteiger charge is -2.36. The first-order valence-electron chi connectivity index (χ1n) is 6.47. The van der Waals surface area contributed by atoms with Crippen LogP contribution in [0.3, 0.4) is 0 Å². The molecule has 2 fully saturated rings. The number of carbonyl (C=O) groups excluding carboxylic acids is 1. The lowest BCUT2D eigenvalue weighted by Crippen LogP contribution is -2.59. The van der Waals surface area contributed by atoms with Crippen molar-refractivity contribution in [1.82, 2.24) is 10.2 Å². The molecule has 3 N–H and O–H groups in total. The van der Waals surface area contributed by atoms with Crippen LogP contribution in [-0.4, -0.2) is 42.0 Å². The van der Waals surface area contributed by atoms with Crippen LogP contribution in [-0.2, 0) is 4.79 Å². The van der Waals surface area contributed by atoms with E-state index in [0.29, 0.717) is 6.04 Å². The average molecular weight is 225 g/mol. The van der Waals surface area contributed by atoms with Crippen LogP contribution in [0, 0.1) is 0 Å². The fraction of sp³-hybridized carbons (Fsp3) is 0.917. The van der Waals surface area contributed by atoms with Crippen molar-refractivity contribution in [2.24, 2.45) is 5.73 Å². The number of nitrogens with zero attached hydrogens (tertiary/aromatic N) is 1. The molecule has 4 nitrogen and oxygen atoms in total. The summed E-state index contributed by atoms with van der Waals surface area (Å²) in [5.41, 5.74) is 5.43. The van der Waals surface area contributed by atoms with Gasteiger partial charge in [0.25, 0.3) is 0 Å². The molecule has 0 spiro atoms. The van der Waals surface area contributed by atoms with Gasteiger partial charge in [-0.3, -0.25) is 9.69 Å². The summed E-state index contributed by atoms with van der Waals surface area (Å²) in [5, 5.41) is 3.03. The second-order valence-electron chi connectivity index (χ2n) is 5.14. The van der Waals surface area contributed by atoms with E-state index in [4.69, 9.17) is 5.73 Å². The number of likely N-dealkylation sites (tertiary alicyclic amines) is 1. The number of amides is 1. The minimum absolute atomic E-state index is 0.0571. The van der Waals surface area contributed by atoms with E-state index >= 15 is 0 Å². The van der Waals surface area contributed by atoms with E-state index in [2.05, 4.69) is 17.1 Å². The van der Waals surface area contributed by atoms with E-state index in [1.54, 1.807) is 0 Å². The van der Waals surface area contributed by atoms with E-state index in [1.165, 1.54) is 19.4 Å².